The van der Waals surface area contributed by atoms with Crippen LogP contribution in [0.5, 0.6) is 0 Å². The molecule has 0 fully saturated rings. The molecule has 4 rings (SSSR count). The average molecular weight is 495 g/mol. The van der Waals surface area contributed by atoms with E-state index in [1.54, 1.807) is 0 Å². The largest absolute Gasteiger partial charge is 0.326 e. The third-order valence-electron chi connectivity index (χ3n) is 7.03. The first-order valence-electron chi connectivity index (χ1n) is 13.0. The smallest absolute Gasteiger partial charge is 0.0819 e. The molecule has 0 amide bonds. The molecule has 37 heavy (non-hydrogen) atoms. The normalized spacial score (nSPS) is 13.4. The molecule has 0 spiro atoms. The van der Waals surface area contributed by atoms with Crippen molar-refractivity contribution in [3.05, 3.63) is 144 Å². The van der Waals surface area contributed by atoms with Gasteiger partial charge >= 0.3 is 0 Å². The summed E-state index contributed by atoms with van der Waals surface area (Å²) in [5.74, 6) is 0.514. The molecule has 0 aromatic heterocycles. The second kappa shape index (κ2) is 12.8. The number of hydrogen-bond donors (Lipinski definition) is 4. The Bertz CT molecular complexity index is 1100. The average Bonchev–Trinajstić information content (AvgIpc) is 2.94. The Kier molecular flexibility index (Phi) is 9.79. The number of rotatable bonds is 8. The Morgan fingerprint density at radius 1 is 0.486 bits per heavy atom. The van der Waals surface area contributed by atoms with Crippen LogP contribution in [0, 0.1) is 5.92 Å². The Hall–Kier alpha value is -3.28. The topological polar surface area (TPSA) is 104 Å². The molecule has 0 aliphatic carbocycles. The van der Waals surface area contributed by atoms with Crippen molar-refractivity contribution < 1.29 is 0 Å². The van der Waals surface area contributed by atoms with E-state index in [-0.39, 0.29) is 12.1 Å². The van der Waals surface area contributed by atoms with Crippen LogP contribution in [0.1, 0.15) is 49.4 Å². The van der Waals surface area contributed by atoms with Crippen LogP contribution in [0.25, 0.3) is 0 Å². The van der Waals surface area contributed by atoms with E-state index in [0.29, 0.717) is 5.92 Å². The van der Waals surface area contributed by atoms with Gasteiger partial charge in [-0.05, 0) is 41.5 Å². The van der Waals surface area contributed by atoms with Gasteiger partial charge < -0.3 is 22.9 Å². The second-order valence-corrected chi connectivity index (χ2v) is 10.2. The molecule has 0 saturated carbocycles. The van der Waals surface area contributed by atoms with Crippen molar-refractivity contribution in [2.45, 2.75) is 50.4 Å². The van der Waals surface area contributed by atoms with Gasteiger partial charge in [0.25, 0.3) is 0 Å². The summed E-state index contributed by atoms with van der Waals surface area (Å²) in [6.07, 6.45) is 0.889. The van der Waals surface area contributed by atoms with Crippen molar-refractivity contribution in [3.63, 3.8) is 0 Å². The fourth-order valence-corrected chi connectivity index (χ4v) is 4.84. The molecule has 0 heterocycles. The minimum atomic E-state index is -0.646. The zero-order chi connectivity index (χ0) is 26.9. The van der Waals surface area contributed by atoms with Gasteiger partial charge in [-0.2, -0.15) is 0 Å². The van der Waals surface area contributed by atoms with Gasteiger partial charge in [0.1, 0.15) is 0 Å². The van der Waals surface area contributed by atoms with Crippen molar-refractivity contribution in [1.29, 1.82) is 0 Å². The molecule has 4 aromatic rings. The number of nitrogens with two attached hydrogens (primary N) is 4. The van der Waals surface area contributed by atoms with Crippen molar-refractivity contribution in [3.8, 4) is 0 Å². The van der Waals surface area contributed by atoms with Crippen LogP contribution in [0.2, 0.25) is 0 Å². The van der Waals surface area contributed by atoms with Gasteiger partial charge in [0.15, 0.2) is 0 Å². The number of benzene rings is 4. The highest BCUT2D eigenvalue weighted by atomic mass is 14.9. The lowest BCUT2D eigenvalue weighted by molar-refractivity contribution is 0.359. The van der Waals surface area contributed by atoms with Crippen LogP contribution in [0.15, 0.2) is 121 Å². The zero-order valence-electron chi connectivity index (χ0n) is 22.3. The molecule has 2 unspecified atom stereocenters. The van der Waals surface area contributed by atoms with E-state index in [9.17, 15) is 0 Å². The Morgan fingerprint density at radius 2 is 0.757 bits per heavy atom. The monoisotopic (exact) mass is 494 g/mol. The fourth-order valence-electron chi connectivity index (χ4n) is 4.84. The first-order chi connectivity index (χ1) is 17.7. The summed E-state index contributed by atoms with van der Waals surface area (Å²) in [4.78, 5) is 0. The van der Waals surface area contributed by atoms with E-state index in [2.05, 4.69) is 38.1 Å². The summed E-state index contributed by atoms with van der Waals surface area (Å²) in [5, 5.41) is 0. The van der Waals surface area contributed by atoms with Crippen molar-refractivity contribution in [1.82, 2.24) is 0 Å². The molecule has 4 nitrogen and oxygen atoms in total. The Balaban J connectivity index is 0.000000208. The molecule has 2 atom stereocenters. The third kappa shape index (κ3) is 6.54. The van der Waals surface area contributed by atoms with Gasteiger partial charge in [0, 0.05) is 12.1 Å². The lowest BCUT2D eigenvalue weighted by Crippen LogP contribution is -2.53. The molecule has 0 saturated heterocycles. The maximum absolute atomic E-state index is 6.81. The summed E-state index contributed by atoms with van der Waals surface area (Å²) in [7, 11) is 0. The maximum atomic E-state index is 6.81. The SMILES string of the molecule is CC(C)CC(N)C(N)(c1ccccc1)c1ccccc1.CC(N)C(N)(c1ccccc1)c1ccccc1. The lowest BCUT2D eigenvalue weighted by atomic mass is 9.75. The van der Waals surface area contributed by atoms with Crippen molar-refractivity contribution in [2.24, 2.45) is 28.9 Å². The van der Waals surface area contributed by atoms with Crippen LogP contribution in [-0.4, -0.2) is 12.1 Å². The highest BCUT2D eigenvalue weighted by molar-refractivity contribution is 5.41. The summed E-state index contributed by atoms with van der Waals surface area (Å²) in [6, 6.07) is 40.1. The molecule has 4 aromatic carbocycles. The second-order valence-electron chi connectivity index (χ2n) is 10.2. The van der Waals surface area contributed by atoms with Crippen LogP contribution >= 0.6 is 0 Å². The predicted molar refractivity (Wildman–Crippen MR) is 157 cm³/mol. The molecule has 4 heteroatoms. The molecule has 0 bridgehead atoms. The summed E-state index contributed by atoms with van der Waals surface area (Å²) in [5.41, 5.74) is 28.9. The summed E-state index contributed by atoms with van der Waals surface area (Å²) >= 11 is 0. The van der Waals surface area contributed by atoms with E-state index in [0.717, 1.165) is 28.7 Å². The number of hydrogen-bond acceptors (Lipinski definition) is 4. The van der Waals surface area contributed by atoms with Crippen LogP contribution in [0.4, 0.5) is 0 Å². The highest BCUT2D eigenvalue weighted by Crippen LogP contribution is 2.32. The Labute approximate surface area is 222 Å². The maximum Gasteiger partial charge on any atom is 0.0819 e. The molecule has 8 N–H and O–H groups in total. The van der Waals surface area contributed by atoms with Gasteiger partial charge in [-0.25, -0.2) is 0 Å². The van der Waals surface area contributed by atoms with Crippen LogP contribution in [0.3, 0.4) is 0 Å². The zero-order valence-corrected chi connectivity index (χ0v) is 22.3. The molecule has 194 valence electrons. The quantitative estimate of drug-likeness (QED) is 0.260. The van der Waals surface area contributed by atoms with Gasteiger partial charge in [-0.1, -0.05) is 135 Å². The van der Waals surface area contributed by atoms with E-state index >= 15 is 0 Å². The van der Waals surface area contributed by atoms with E-state index in [1.807, 2.05) is 104 Å². The van der Waals surface area contributed by atoms with Gasteiger partial charge in [-0.15, -0.1) is 0 Å². The van der Waals surface area contributed by atoms with E-state index in [4.69, 9.17) is 22.9 Å². The molecule has 0 aliphatic heterocycles. The summed E-state index contributed by atoms with van der Waals surface area (Å²) < 4.78 is 0. The van der Waals surface area contributed by atoms with Crippen molar-refractivity contribution >= 4 is 0 Å². The van der Waals surface area contributed by atoms with Gasteiger partial charge in [-0.3, -0.25) is 0 Å². The highest BCUT2D eigenvalue weighted by Gasteiger charge is 2.36. The fraction of sp³-hybridized carbons (Fsp3) is 0.273. The molecular formula is C33H42N4. The van der Waals surface area contributed by atoms with Crippen molar-refractivity contribution in [2.75, 3.05) is 0 Å². The predicted octanol–water partition coefficient (Wildman–Crippen LogP) is 5.50. The molecule has 0 radical (unpaired) electrons. The van der Waals surface area contributed by atoms with Crippen LogP contribution < -0.4 is 22.9 Å². The lowest BCUT2D eigenvalue weighted by Gasteiger charge is -2.37. The standard InChI is InChI=1S/C18H24N2.C15H18N2/c1-14(2)13-17(19)18(20,15-9-5-3-6-10-15)16-11-7-4-8-12-16;1-12(16)15(17,13-8-4-2-5-9-13)14-10-6-3-7-11-14/h3-12,14,17H,13,19-20H2,1-2H3;2-12H,16-17H2,1H3. The van der Waals surface area contributed by atoms with Crippen LogP contribution in [-0.2, 0) is 11.1 Å². The van der Waals surface area contributed by atoms with Gasteiger partial charge in [0.2, 0.25) is 0 Å². The van der Waals surface area contributed by atoms with E-state index < -0.39 is 11.1 Å². The summed E-state index contributed by atoms with van der Waals surface area (Å²) in [6.45, 7) is 6.30. The Morgan fingerprint density at radius 3 is 1.00 bits per heavy atom. The molecular weight excluding hydrogens is 452 g/mol. The first kappa shape index (κ1) is 28.3. The molecule has 0 aliphatic rings. The third-order valence-corrected chi connectivity index (χ3v) is 7.03. The first-order valence-corrected chi connectivity index (χ1v) is 13.0. The minimum Gasteiger partial charge on any atom is -0.326 e. The minimum absolute atomic E-state index is 0.118. The van der Waals surface area contributed by atoms with E-state index in [1.165, 1.54) is 0 Å². The van der Waals surface area contributed by atoms with Gasteiger partial charge in [0.05, 0.1) is 11.1 Å².